The van der Waals surface area contributed by atoms with Gasteiger partial charge in [-0.15, -0.1) is 0 Å². The summed E-state index contributed by atoms with van der Waals surface area (Å²) >= 11 is 0. The molecule has 1 aliphatic rings. The Morgan fingerprint density at radius 2 is 2.00 bits per heavy atom. The molecule has 1 aromatic carbocycles. The maximum Gasteiger partial charge on any atom is 0.125 e. The van der Waals surface area contributed by atoms with Crippen molar-refractivity contribution < 1.29 is 4.39 Å². The monoisotopic (exact) mass is 250 g/mol. The Balaban J connectivity index is 1.99. The van der Waals surface area contributed by atoms with Crippen LogP contribution in [0.15, 0.2) is 24.3 Å². The van der Waals surface area contributed by atoms with Gasteiger partial charge in [0, 0.05) is 19.3 Å². The van der Waals surface area contributed by atoms with E-state index in [0.29, 0.717) is 11.8 Å². The average Bonchev–Trinajstić information content (AvgIpc) is 2.39. The van der Waals surface area contributed by atoms with Gasteiger partial charge in [0.1, 0.15) is 5.82 Å². The highest BCUT2D eigenvalue weighted by atomic mass is 19.1. The summed E-state index contributed by atoms with van der Waals surface area (Å²) < 4.78 is 13.2. The summed E-state index contributed by atoms with van der Waals surface area (Å²) in [6.07, 6.45) is 5.11. The van der Waals surface area contributed by atoms with E-state index in [1.807, 2.05) is 13.1 Å². The van der Waals surface area contributed by atoms with E-state index in [9.17, 15) is 4.39 Å². The van der Waals surface area contributed by atoms with E-state index in [-0.39, 0.29) is 5.82 Å². The van der Waals surface area contributed by atoms with Crippen LogP contribution in [0.5, 0.6) is 0 Å². The van der Waals surface area contributed by atoms with Crippen molar-refractivity contribution in [3.05, 3.63) is 30.1 Å². The molecule has 2 N–H and O–H groups in total. The molecular formula is C15H23FN2. The molecule has 0 aromatic heterocycles. The van der Waals surface area contributed by atoms with Crippen LogP contribution in [0.1, 0.15) is 25.7 Å². The molecular weight excluding hydrogens is 227 g/mol. The van der Waals surface area contributed by atoms with Gasteiger partial charge in [-0.3, -0.25) is 0 Å². The van der Waals surface area contributed by atoms with Crippen molar-refractivity contribution in [3.8, 4) is 0 Å². The maximum absolute atomic E-state index is 13.2. The Labute approximate surface area is 109 Å². The fourth-order valence-corrected chi connectivity index (χ4v) is 3.01. The molecule has 2 unspecified atom stereocenters. The van der Waals surface area contributed by atoms with E-state index in [4.69, 9.17) is 5.73 Å². The van der Waals surface area contributed by atoms with Gasteiger partial charge in [-0.1, -0.05) is 18.9 Å². The van der Waals surface area contributed by atoms with Crippen molar-refractivity contribution >= 4 is 5.69 Å². The first kappa shape index (κ1) is 13.3. The Hall–Kier alpha value is -1.09. The van der Waals surface area contributed by atoms with Crippen LogP contribution in [0.25, 0.3) is 0 Å². The molecule has 1 aromatic rings. The third-order valence-corrected chi connectivity index (χ3v) is 4.13. The molecule has 18 heavy (non-hydrogen) atoms. The van der Waals surface area contributed by atoms with Crippen LogP contribution in [0.4, 0.5) is 10.1 Å². The lowest BCUT2D eigenvalue weighted by atomic mass is 9.79. The number of hydrogen-bond donors (Lipinski definition) is 1. The molecule has 0 heterocycles. The summed E-state index contributed by atoms with van der Waals surface area (Å²) in [5.74, 6) is 1.12. The molecule has 2 atom stereocenters. The third kappa shape index (κ3) is 3.22. The molecule has 0 spiro atoms. The van der Waals surface area contributed by atoms with Gasteiger partial charge in [0.25, 0.3) is 0 Å². The number of halogens is 1. The highest BCUT2D eigenvalue weighted by Crippen LogP contribution is 2.30. The Kier molecular flexibility index (Phi) is 4.59. The Morgan fingerprint density at radius 1 is 1.28 bits per heavy atom. The maximum atomic E-state index is 13.2. The van der Waals surface area contributed by atoms with Gasteiger partial charge in [-0.05, 0) is 49.4 Å². The largest absolute Gasteiger partial charge is 0.374 e. The molecule has 100 valence electrons. The first-order valence-electron chi connectivity index (χ1n) is 6.87. The second-order valence-corrected chi connectivity index (χ2v) is 5.40. The van der Waals surface area contributed by atoms with Crippen molar-refractivity contribution in [2.45, 2.75) is 25.7 Å². The fourth-order valence-electron chi connectivity index (χ4n) is 3.01. The second kappa shape index (κ2) is 6.19. The van der Waals surface area contributed by atoms with E-state index in [2.05, 4.69) is 4.90 Å². The molecule has 1 aliphatic carbocycles. The van der Waals surface area contributed by atoms with Crippen LogP contribution >= 0.6 is 0 Å². The summed E-state index contributed by atoms with van der Waals surface area (Å²) in [5.41, 5.74) is 6.81. The summed E-state index contributed by atoms with van der Waals surface area (Å²) in [5, 5.41) is 0. The van der Waals surface area contributed by atoms with Crippen molar-refractivity contribution in [1.82, 2.24) is 0 Å². The second-order valence-electron chi connectivity index (χ2n) is 5.40. The molecule has 3 heteroatoms. The predicted molar refractivity (Wildman–Crippen MR) is 74.2 cm³/mol. The number of benzene rings is 1. The Morgan fingerprint density at radius 3 is 2.67 bits per heavy atom. The molecule has 2 rings (SSSR count). The first-order chi connectivity index (χ1) is 8.70. The lowest BCUT2D eigenvalue weighted by molar-refractivity contribution is 0.248. The van der Waals surface area contributed by atoms with Crippen molar-refractivity contribution in [2.24, 2.45) is 17.6 Å². The molecule has 0 bridgehead atoms. The van der Waals surface area contributed by atoms with Gasteiger partial charge in [-0.2, -0.15) is 0 Å². The van der Waals surface area contributed by atoms with Gasteiger partial charge in [0.2, 0.25) is 0 Å². The molecule has 2 nitrogen and oxygen atoms in total. The molecule has 0 amide bonds. The number of anilines is 1. The summed E-state index contributed by atoms with van der Waals surface area (Å²) in [6.45, 7) is 1.76. The van der Waals surface area contributed by atoms with Gasteiger partial charge >= 0.3 is 0 Å². The smallest absolute Gasteiger partial charge is 0.125 e. The van der Waals surface area contributed by atoms with Gasteiger partial charge in [-0.25, -0.2) is 4.39 Å². The van der Waals surface area contributed by atoms with E-state index in [1.54, 1.807) is 12.1 Å². The molecule has 1 saturated carbocycles. The van der Waals surface area contributed by atoms with Crippen LogP contribution in [0.3, 0.4) is 0 Å². The van der Waals surface area contributed by atoms with Crippen molar-refractivity contribution in [1.29, 1.82) is 0 Å². The number of nitrogens with two attached hydrogens (primary N) is 1. The zero-order chi connectivity index (χ0) is 13.0. The average molecular weight is 250 g/mol. The topological polar surface area (TPSA) is 29.3 Å². The summed E-state index contributed by atoms with van der Waals surface area (Å²) in [7, 11) is 2.04. The predicted octanol–water partition coefficient (Wildman–Crippen LogP) is 3.03. The van der Waals surface area contributed by atoms with E-state index in [1.165, 1.54) is 31.7 Å². The quantitative estimate of drug-likeness (QED) is 0.890. The molecule has 1 fully saturated rings. The zero-order valence-corrected chi connectivity index (χ0v) is 11.1. The normalized spacial score (nSPS) is 23.9. The lowest BCUT2D eigenvalue weighted by Crippen LogP contribution is -2.35. The van der Waals surface area contributed by atoms with Crippen molar-refractivity contribution in [3.63, 3.8) is 0 Å². The number of nitrogens with zero attached hydrogens (tertiary/aromatic N) is 1. The van der Waals surface area contributed by atoms with E-state index >= 15 is 0 Å². The summed E-state index contributed by atoms with van der Waals surface area (Å²) in [6, 6.07) is 6.81. The summed E-state index contributed by atoms with van der Waals surface area (Å²) in [4.78, 5) is 2.15. The van der Waals surface area contributed by atoms with Crippen LogP contribution in [-0.4, -0.2) is 20.1 Å². The molecule has 0 saturated heterocycles. The SMILES string of the molecule is CN(CC1CCCCC1CN)c1cccc(F)c1. The molecule has 0 aliphatic heterocycles. The first-order valence-corrected chi connectivity index (χ1v) is 6.87. The van der Waals surface area contributed by atoms with Gasteiger partial charge < -0.3 is 10.6 Å². The highest BCUT2D eigenvalue weighted by Gasteiger charge is 2.25. The lowest BCUT2D eigenvalue weighted by Gasteiger charge is -2.34. The minimum atomic E-state index is -0.168. The zero-order valence-electron chi connectivity index (χ0n) is 11.1. The van der Waals surface area contributed by atoms with Crippen LogP contribution < -0.4 is 10.6 Å². The van der Waals surface area contributed by atoms with Gasteiger partial charge in [0.15, 0.2) is 0 Å². The number of hydrogen-bond acceptors (Lipinski definition) is 2. The number of rotatable bonds is 4. The minimum absolute atomic E-state index is 0.168. The third-order valence-electron chi connectivity index (χ3n) is 4.13. The standard InChI is InChI=1S/C15H23FN2/c1-18(15-8-4-7-14(16)9-15)11-13-6-3-2-5-12(13)10-17/h4,7-9,12-13H,2-3,5-6,10-11,17H2,1H3. The fraction of sp³-hybridized carbons (Fsp3) is 0.600. The van der Waals surface area contributed by atoms with E-state index < -0.39 is 0 Å². The molecule has 0 radical (unpaired) electrons. The van der Waals surface area contributed by atoms with Crippen LogP contribution in [0, 0.1) is 17.7 Å². The minimum Gasteiger partial charge on any atom is -0.374 e. The van der Waals surface area contributed by atoms with Crippen LogP contribution in [0.2, 0.25) is 0 Å². The van der Waals surface area contributed by atoms with E-state index in [0.717, 1.165) is 18.8 Å². The Bertz CT molecular complexity index is 381. The van der Waals surface area contributed by atoms with Crippen LogP contribution in [-0.2, 0) is 0 Å². The highest BCUT2D eigenvalue weighted by molar-refractivity contribution is 5.45. The van der Waals surface area contributed by atoms with Gasteiger partial charge in [0.05, 0.1) is 0 Å². The van der Waals surface area contributed by atoms with Crippen molar-refractivity contribution in [2.75, 3.05) is 25.0 Å².